The Bertz CT molecular complexity index is 737. The maximum Gasteiger partial charge on any atom is 0.242 e. The number of aromatic nitrogens is 2. The number of nitrogens with two attached hydrogens (primary N) is 1. The Kier molecular flexibility index (Phi) is 5.20. The Balaban J connectivity index is 2.19. The molecule has 0 aliphatic rings. The van der Waals surface area contributed by atoms with Crippen molar-refractivity contribution >= 4 is 37.3 Å². The fourth-order valence-electron chi connectivity index (χ4n) is 1.96. The van der Waals surface area contributed by atoms with E-state index in [0.29, 0.717) is 10.3 Å². The summed E-state index contributed by atoms with van der Waals surface area (Å²) in [6, 6.07) is 1.60. The molecule has 0 spiro atoms. The van der Waals surface area contributed by atoms with Crippen LogP contribution in [0.3, 0.4) is 0 Å². The van der Waals surface area contributed by atoms with Gasteiger partial charge in [-0.2, -0.15) is 5.10 Å². The quantitative estimate of drug-likeness (QED) is 0.783. The molecule has 0 saturated carbocycles. The van der Waals surface area contributed by atoms with Crippen LogP contribution in [0.25, 0.3) is 0 Å². The highest BCUT2D eigenvalue weighted by molar-refractivity contribution is 9.11. The Hall–Kier alpha value is -0.740. The first-order valence-corrected chi connectivity index (χ1v) is 9.46. The first kappa shape index (κ1) is 16.6. The molecule has 116 valence electrons. The Morgan fingerprint density at radius 2 is 2.24 bits per heavy atom. The third kappa shape index (κ3) is 3.72. The van der Waals surface area contributed by atoms with E-state index in [1.54, 1.807) is 10.7 Å². The van der Waals surface area contributed by atoms with Crippen molar-refractivity contribution in [3.05, 3.63) is 32.2 Å². The second-order valence-electron chi connectivity index (χ2n) is 4.51. The van der Waals surface area contributed by atoms with Crippen LogP contribution in [-0.4, -0.2) is 18.2 Å². The zero-order valence-electron chi connectivity index (χ0n) is 11.8. The molecule has 9 heteroatoms. The number of hydrogen-bond donors (Lipinski definition) is 2. The van der Waals surface area contributed by atoms with Crippen molar-refractivity contribution in [2.45, 2.75) is 31.3 Å². The van der Waals surface area contributed by atoms with Gasteiger partial charge in [-0.15, -0.1) is 11.3 Å². The number of thiophene rings is 1. The third-order valence-electron chi connectivity index (χ3n) is 2.98. The monoisotopic (exact) mass is 392 g/mol. The Labute approximate surface area is 136 Å². The molecule has 6 nitrogen and oxygen atoms in total. The zero-order valence-corrected chi connectivity index (χ0v) is 15.0. The molecule has 21 heavy (non-hydrogen) atoms. The number of rotatable bonds is 6. The van der Waals surface area contributed by atoms with E-state index in [0.717, 1.165) is 22.6 Å². The summed E-state index contributed by atoms with van der Waals surface area (Å²) in [4.78, 5) is 1.05. The molecule has 0 bridgehead atoms. The van der Waals surface area contributed by atoms with Gasteiger partial charge in [-0.05, 0) is 28.4 Å². The second kappa shape index (κ2) is 6.57. The average molecular weight is 393 g/mol. The molecule has 2 aromatic rings. The number of hydrogen-bond acceptors (Lipinski definition) is 5. The summed E-state index contributed by atoms with van der Waals surface area (Å²) >= 11 is 4.61. The van der Waals surface area contributed by atoms with Crippen molar-refractivity contribution < 1.29 is 8.42 Å². The fourth-order valence-corrected chi connectivity index (χ4v) is 5.53. The SMILES string of the molecule is CCc1nn(C)cc1CNS(=O)(=O)c1cc(CN)sc1Br. The van der Waals surface area contributed by atoms with Gasteiger partial charge in [0.2, 0.25) is 10.0 Å². The van der Waals surface area contributed by atoms with Crippen LogP contribution in [0.4, 0.5) is 0 Å². The molecule has 0 aliphatic carbocycles. The number of halogens is 1. The van der Waals surface area contributed by atoms with Gasteiger partial charge in [0.25, 0.3) is 0 Å². The Morgan fingerprint density at radius 1 is 1.52 bits per heavy atom. The van der Waals surface area contributed by atoms with Crippen molar-refractivity contribution in [3.63, 3.8) is 0 Å². The highest BCUT2D eigenvalue weighted by atomic mass is 79.9. The molecule has 3 N–H and O–H groups in total. The van der Waals surface area contributed by atoms with Gasteiger partial charge in [0.05, 0.1) is 9.48 Å². The van der Waals surface area contributed by atoms with Gasteiger partial charge >= 0.3 is 0 Å². The predicted octanol–water partition coefficient (Wildman–Crippen LogP) is 1.74. The molecule has 2 heterocycles. The maximum absolute atomic E-state index is 12.4. The molecule has 0 fully saturated rings. The molecule has 0 atom stereocenters. The van der Waals surface area contributed by atoms with Crippen molar-refractivity contribution in [3.8, 4) is 0 Å². The van der Waals surface area contributed by atoms with Crippen LogP contribution in [0.1, 0.15) is 23.1 Å². The minimum Gasteiger partial charge on any atom is -0.326 e. The van der Waals surface area contributed by atoms with Gasteiger partial charge < -0.3 is 5.73 Å². The van der Waals surface area contributed by atoms with Gasteiger partial charge in [-0.25, -0.2) is 13.1 Å². The summed E-state index contributed by atoms with van der Waals surface area (Å²) in [7, 11) is -1.75. The summed E-state index contributed by atoms with van der Waals surface area (Å²) in [5.74, 6) is 0. The molecule has 0 radical (unpaired) electrons. The van der Waals surface area contributed by atoms with Gasteiger partial charge in [-0.3, -0.25) is 4.68 Å². The molecule has 0 amide bonds. The highest BCUT2D eigenvalue weighted by Gasteiger charge is 2.21. The van der Waals surface area contributed by atoms with E-state index in [1.807, 2.05) is 20.2 Å². The number of nitrogens with zero attached hydrogens (tertiary/aromatic N) is 2. The topological polar surface area (TPSA) is 90.0 Å². The van der Waals surface area contributed by atoms with Crippen LogP contribution < -0.4 is 10.5 Å². The largest absolute Gasteiger partial charge is 0.326 e. The normalized spacial score (nSPS) is 12.0. The van der Waals surface area contributed by atoms with Gasteiger partial charge in [0, 0.05) is 36.8 Å². The van der Waals surface area contributed by atoms with Crippen LogP contribution in [-0.2, 0) is 36.6 Å². The minimum atomic E-state index is -3.57. The first-order valence-electron chi connectivity index (χ1n) is 6.36. The number of aryl methyl sites for hydroxylation is 2. The van der Waals surface area contributed by atoms with E-state index in [2.05, 4.69) is 25.8 Å². The summed E-state index contributed by atoms with van der Waals surface area (Å²) in [5.41, 5.74) is 7.32. The number of sulfonamides is 1. The van der Waals surface area contributed by atoms with E-state index in [9.17, 15) is 8.42 Å². The third-order valence-corrected chi connectivity index (χ3v) is 6.65. The molecule has 0 unspecified atom stereocenters. The average Bonchev–Trinajstić information content (AvgIpc) is 2.99. The van der Waals surface area contributed by atoms with Gasteiger partial charge in [-0.1, -0.05) is 6.92 Å². The van der Waals surface area contributed by atoms with Crippen LogP contribution in [0.5, 0.6) is 0 Å². The lowest BCUT2D eigenvalue weighted by atomic mass is 10.2. The molecule has 2 rings (SSSR count). The van der Waals surface area contributed by atoms with E-state index in [-0.39, 0.29) is 11.4 Å². The van der Waals surface area contributed by atoms with Crippen molar-refractivity contribution in [1.29, 1.82) is 0 Å². The smallest absolute Gasteiger partial charge is 0.242 e. The maximum atomic E-state index is 12.4. The van der Waals surface area contributed by atoms with Crippen molar-refractivity contribution in [2.75, 3.05) is 0 Å². The standard InChI is InChI=1S/C12H17BrN4O2S2/c1-3-10-8(7-17(2)16-10)6-15-21(18,19)11-4-9(5-14)20-12(11)13/h4,7,15H,3,5-6,14H2,1-2H3. The van der Waals surface area contributed by atoms with Crippen LogP contribution in [0.15, 0.2) is 20.9 Å². The fraction of sp³-hybridized carbons (Fsp3) is 0.417. The van der Waals surface area contributed by atoms with E-state index < -0.39 is 10.0 Å². The van der Waals surface area contributed by atoms with Crippen LogP contribution in [0, 0.1) is 0 Å². The van der Waals surface area contributed by atoms with Crippen molar-refractivity contribution in [2.24, 2.45) is 12.8 Å². The van der Waals surface area contributed by atoms with Crippen molar-refractivity contribution in [1.82, 2.24) is 14.5 Å². The lowest BCUT2D eigenvalue weighted by Crippen LogP contribution is -2.23. The van der Waals surface area contributed by atoms with Crippen LogP contribution >= 0.6 is 27.3 Å². The molecular formula is C12H17BrN4O2S2. The number of nitrogens with one attached hydrogen (secondary N) is 1. The predicted molar refractivity (Wildman–Crippen MR) is 86.5 cm³/mol. The summed E-state index contributed by atoms with van der Waals surface area (Å²) < 4.78 is 29.6. The lowest BCUT2D eigenvalue weighted by molar-refractivity contribution is 0.581. The Morgan fingerprint density at radius 3 is 2.81 bits per heavy atom. The second-order valence-corrected chi connectivity index (χ2v) is 8.70. The molecular weight excluding hydrogens is 376 g/mol. The summed E-state index contributed by atoms with van der Waals surface area (Å²) in [5, 5.41) is 4.30. The van der Waals surface area contributed by atoms with E-state index in [1.165, 1.54) is 11.3 Å². The zero-order chi connectivity index (χ0) is 15.6. The van der Waals surface area contributed by atoms with Gasteiger partial charge in [0.1, 0.15) is 4.90 Å². The summed E-state index contributed by atoms with van der Waals surface area (Å²) in [6.07, 6.45) is 2.59. The van der Waals surface area contributed by atoms with E-state index >= 15 is 0 Å². The minimum absolute atomic E-state index is 0.222. The summed E-state index contributed by atoms with van der Waals surface area (Å²) in [6.45, 7) is 2.53. The lowest BCUT2D eigenvalue weighted by Gasteiger charge is -2.05. The molecule has 0 aromatic carbocycles. The van der Waals surface area contributed by atoms with Crippen LogP contribution in [0.2, 0.25) is 0 Å². The van der Waals surface area contributed by atoms with E-state index in [4.69, 9.17) is 5.73 Å². The van der Waals surface area contributed by atoms with Gasteiger partial charge in [0.15, 0.2) is 0 Å². The molecule has 2 aromatic heterocycles. The highest BCUT2D eigenvalue weighted by Crippen LogP contribution is 2.31. The first-order chi connectivity index (χ1) is 9.87. The molecule has 0 aliphatic heterocycles. The molecule has 0 saturated heterocycles.